The molecule has 6 nitrogen and oxygen atoms in total. The van der Waals surface area contributed by atoms with Crippen LogP contribution in [0.4, 0.5) is 11.8 Å². The highest BCUT2D eigenvalue weighted by molar-refractivity contribution is 5.85. The molecule has 0 atom stereocenters. The van der Waals surface area contributed by atoms with E-state index in [4.69, 9.17) is 16.2 Å². The zero-order chi connectivity index (χ0) is 17.9. The highest BCUT2D eigenvalue weighted by Crippen LogP contribution is 2.26. The molecule has 26 heavy (non-hydrogen) atoms. The van der Waals surface area contributed by atoms with E-state index >= 15 is 0 Å². The fourth-order valence-electron chi connectivity index (χ4n) is 2.87. The Morgan fingerprint density at radius 3 is 2.54 bits per heavy atom. The predicted octanol–water partition coefficient (Wildman–Crippen LogP) is 3.44. The highest BCUT2D eigenvalue weighted by Gasteiger charge is 2.09. The number of nitrogens with two attached hydrogens (primary N) is 2. The lowest BCUT2D eigenvalue weighted by Gasteiger charge is -2.10. The minimum Gasteiger partial charge on any atom is -0.489 e. The summed E-state index contributed by atoms with van der Waals surface area (Å²) in [6, 6.07) is 22.0. The van der Waals surface area contributed by atoms with Gasteiger partial charge in [-0.3, -0.25) is 0 Å². The van der Waals surface area contributed by atoms with E-state index in [0.29, 0.717) is 18.1 Å². The number of anilines is 2. The Morgan fingerprint density at radius 1 is 0.846 bits per heavy atom. The minimum atomic E-state index is 0.0506. The average molecular weight is 343 g/mol. The summed E-state index contributed by atoms with van der Waals surface area (Å²) in [6.07, 6.45) is 0. The molecular weight excluding hydrogens is 326 g/mol. The van der Waals surface area contributed by atoms with Crippen LogP contribution in [0.15, 0.2) is 66.7 Å². The third-order valence-corrected chi connectivity index (χ3v) is 4.11. The molecule has 4 rings (SSSR count). The van der Waals surface area contributed by atoms with E-state index < -0.39 is 0 Å². The van der Waals surface area contributed by atoms with E-state index in [0.717, 1.165) is 11.1 Å². The van der Waals surface area contributed by atoms with Gasteiger partial charge in [0, 0.05) is 5.56 Å². The normalized spacial score (nSPS) is 10.8. The van der Waals surface area contributed by atoms with Crippen molar-refractivity contribution in [2.75, 3.05) is 11.5 Å². The van der Waals surface area contributed by atoms with Crippen molar-refractivity contribution >= 4 is 22.5 Å². The van der Waals surface area contributed by atoms with Crippen molar-refractivity contribution in [1.82, 2.24) is 15.2 Å². The highest BCUT2D eigenvalue weighted by atomic mass is 16.5. The Bertz CT molecular complexity index is 1080. The summed E-state index contributed by atoms with van der Waals surface area (Å²) in [5.41, 5.74) is 13.8. The van der Waals surface area contributed by atoms with Crippen LogP contribution in [0.25, 0.3) is 22.0 Å². The maximum absolute atomic E-state index is 5.99. The fraction of sp³-hybridized carbons (Fsp3) is 0.0500. The molecule has 0 unspecified atom stereocenters. The van der Waals surface area contributed by atoms with Gasteiger partial charge >= 0.3 is 0 Å². The number of nitrogen functional groups attached to an aromatic ring is 2. The van der Waals surface area contributed by atoms with Crippen molar-refractivity contribution in [3.05, 3.63) is 72.3 Å². The number of ether oxygens (including phenoxy) is 1. The Hall–Kier alpha value is -3.67. The van der Waals surface area contributed by atoms with Gasteiger partial charge in [0.15, 0.2) is 5.82 Å². The molecule has 0 saturated heterocycles. The minimum absolute atomic E-state index is 0.0506. The summed E-state index contributed by atoms with van der Waals surface area (Å²) in [4.78, 5) is 3.95. The fourth-order valence-corrected chi connectivity index (χ4v) is 2.87. The summed E-state index contributed by atoms with van der Waals surface area (Å²) in [6.45, 7) is 0.464. The first-order valence-electron chi connectivity index (χ1n) is 8.16. The number of hydrogen-bond donors (Lipinski definition) is 2. The molecule has 0 aliphatic rings. The van der Waals surface area contributed by atoms with Gasteiger partial charge in [-0.2, -0.15) is 4.98 Å². The van der Waals surface area contributed by atoms with E-state index in [1.54, 1.807) is 0 Å². The Balaban J connectivity index is 1.59. The van der Waals surface area contributed by atoms with E-state index in [-0.39, 0.29) is 11.8 Å². The smallest absolute Gasteiger partial charge is 0.242 e. The van der Waals surface area contributed by atoms with Gasteiger partial charge in [0.1, 0.15) is 18.1 Å². The molecule has 0 saturated carbocycles. The second-order valence-electron chi connectivity index (χ2n) is 5.86. The molecule has 4 N–H and O–H groups in total. The van der Waals surface area contributed by atoms with Gasteiger partial charge in [-0.15, -0.1) is 10.2 Å². The van der Waals surface area contributed by atoms with E-state index in [2.05, 4.69) is 39.4 Å². The van der Waals surface area contributed by atoms with E-state index in [1.807, 2.05) is 42.5 Å². The maximum atomic E-state index is 5.99. The number of fused-ring (bicyclic) bond motifs is 1. The topological polar surface area (TPSA) is 99.9 Å². The molecule has 0 radical (unpaired) electrons. The SMILES string of the molecule is Nc1nnc(-c2cccc(OCc3cccc4ccccc34)c2)c(N)n1. The maximum Gasteiger partial charge on any atom is 0.242 e. The predicted molar refractivity (Wildman–Crippen MR) is 102 cm³/mol. The van der Waals surface area contributed by atoms with Crippen molar-refractivity contribution in [3.8, 4) is 17.0 Å². The van der Waals surface area contributed by atoms with Crippen LogP contribution in [0.2, 0.25) is 0 Å². The Labute approximate surface area is 150 Å². The molecular formula is C20H17N5O. The van der Waals surface area contributed by atoms with Crippen LogP contribution in [0, 0.1) is 0 Å². The molecule has 1 heterocycles. The molecule has 0 spiro atoms. The molecule has 0 aliphatic heterocycles. The largest absolute Gasteiger partial charge is 0.489 e. The number of aromatic nitrogens is 3. The molecule has 0 bridgehead atoms. The standard InChI is InChI=1S/C20H17N5O/c21-19-18(24-25-20(22)23-19)14-7-4-9-16(11-14)26-12-15-8-3-6-13-5-1-2-10-17(13)15/h1-11H,12H2,(H4,21,22,23,25). The molecule has 1 aromatic heterocycles. The van der Waals surface area contributed by atoms with Crippen molar-refractivity contribution in [3.63, 3.8) is 0 Å². The monoisotopic (exact) mass is 343 g/mol. The first-order valence-corrected chi connectivity index (χ1v) is 8.16. The van der Waals surface area contributed by atoms with E-state index in [1.165, 1.54) is 10.8 Å². The zero-order valence-electron chi connectivity index (χ0n) is 14.0. The molecule has 4 aromatic rings. The average Bonchev–Trinajstić information content (AvgIpc) is 2.66. The van der Waals surface area contributed by atoms with Crippen LogP contribution in [-0.4, -0.2) is 15.2 Å². The van der Waals surface area contributed by atoms with Gasteiger partial charge in [0.2, 0.25) is 5.95 Å². The Kier molecular flexibility index (Phi) is 4.07. The summed E-state index contributed by atoms with van der Waals surface area (Å²) < 4.78 is 5.99. The summed E-state index contributed by atoms with van der Waals surface area (Å²) >= 11 is 0. The zero-order valence-corrected chi connectivity index (χ0v) is 14.0. The number of nitrogens with zero attached hydrogens (tertiary/aromatic N) is 3. The molecule has 0 aliphatic carbocycles. The van der Waals surface area contributed by atoms with Gasteiger partial charge in [0.25, 0.3) is 0 Å². The summed E-state index contributed by atoms with van der Waals surface area (Å²) in [5.74, 6) is 1.01. The second-order valence-corrected chi connectivity index (χ2v) is 5.86. The molecule has 128 valence electrons. The van der Waals surface area contributed by atoms with Crippen LogP contribution in [0.3, 0.4) is 0 Å². The van der Waals surface area contributed by atoms with Crippen LogP contribution in [-0.2, 0) is 6.61 Å². The van der Waals surface area contributed by atoms with Crippen LogP contribution in [0.5, 0.6) is 5.75 Å². The van der Waals surface area contributed by atoms with Gasteiger partial charge in [-0.05, 0) is 28.5 Å². The molecule has 3 aromatic carbocycles. The number of benzene rings is 3. The van der Waals surface area contributed by atoms with Crippen LogP contribution >= 0.6 is 0 Å². The van der Waals surface area contributed by atoms with Crippen molar-refractivity contribution in [2.45, 2.75) is 6.61 Å². The third kappa shape index (κ3) is 3.12. The Morgan fingerprint density at radius 2 is 1.65 bits per heavy atom. The summed E-state index contributed by atoms with van der Waals surface area (Å²) in [7, 11) is 0. The van der Waals surface area contributed by atoms with Crippen LogP contribution in [0.1, 0.15) is 5.56 Å². The van der Waals surface area contributed by atoms with Gasteiger partial charge in [-0.1, -0.05) is 54.6 Å². The second kappa shape index (κ2) is 6.68. The molecule has 6 heteroatoms. The number of hydrogen-bond acceptors (Lipinski definition) is 6. The summed E-state index contributed by atoms with van der Waals surface area (Å²) in [5, 5.41) is 10.2. The lowest BCUT2D eigenvalue weighted by atomic mass is 10.1. The van der Waals surface area contributed by atoms with Crippen LogP contribution < -0.4 is 16.2 Å². The lowest BCUT2D eigenvalue weighted by Crippen LogP contribution is -2.04. The van der Waals surface area contributed by atoms with Crippen molar-refractivity contribution in [1.29, 1.82) is 0 Å². The van der Waals surface area contributed by atoms with Gasteiger partial charge in [0.05, 0.1) is 0 Å². The van der Waals surface area contributed by atoms with Crippen molar-refractivity contribution in [2.24, 2.45) is 0 Å². The quantitative estimate of drug-likeness (QED) is 0.589. The van der Waals surface area contributed by atoms with E-state index in [9.17, 15) is 0 Å². The molecule has 0 amide bonds. The van der Waals surface area contributed by atoms with Crippen molar-refractivity contribution < 1.29 is 4.74 Å². The number of rotatable bonds is 4. The van der Waals surface area contributed by atoms with Gasteiger partial charge in [-0.25, -0.2) is 0 Å². The van der Waals surface area contributed by atoms with Gasteiger partial charge < -0.3 is 16.2 Å². The lowest BCUT2D eigenvalue weighted by molar-refractivity contribution is 0.308. The third-order valence-electron chi connectivity index (χ3n) is 4.11. The first-order chi connectivity index (χ1) is 12.7. The molecule has 0 fully saturated rings. The first kappa shape index (κ1) is 15.8.